The summed E-state index contributed by atoms with van der Waals surface area (Å²) in [6, 6.07) is 19.8. The molecule has 2 aromatic carbocycles. The third-order valence-electron chi connectivity index (χ3n) is 4.89. The topological polar surface area (TPSA) is 0 Å². The minimum Gasteiger partial charge on any atom is -0.0991 e. The van der Waals surface area contributed by atoms with Gasteiger partial charge in [-0.3, -0.25) is 0 Å². The molecule has 0 saturated heterocycles. The van der Waals surface area contributed by atoms with Gasteiger partial charge in [0.25, 0.3) is 0 Å². The van der Waals surface area contributed by atoms with Gasteiger partial charge in [-0.15, -0.1) is 0 Å². The van der Waals surface area contributed by atoms with Crippen LogP contribution in [0.4, 0.5) is 0 Å². The third-order valence-corrected chi connectivity index (χ3v) is 4.89. The summed E-state index contributed by atoms with van der Waals surface area (Å²) in [4.78, 5) is 0. The van der Waals surface area contributed by atoms with Crippen LogP contribution in [0.3, 0.4) is 0 Å². The Balaban J connectivity index is 0.00000212. The lowest BCUT2D eigenvalue weighted by Gasteiger charge is -2.16. The van der Waals surface area contributed by atoms with Gasteiger partial charge in [-0.1, -0.05) is 131 Å². The normalized spacial score (nSPS) is 11.6. The summed E-state index contributed by atoms with van der Waals surface area (Å²) in [7, 11) is 0. The Hall–Kier alpha value is -2.60. The molecule has 0 radical (unpaired) electrons. The Morgan fingerprint density at radius 2 is 1.52 bits per heavy atom. The molecule has 0 unspecified atom stereocenters. The number of hydrogen-bond donors (Lipinski definition) is 0. The summed E-state index contributed by atoms with van der Waals surface area (Å²) < 4.78 is 0. The van der Waals surface area contributed by atoms with E-state index in [-0.39, 0.29) is 0 Å². The number of allylic oxidation sites excluding steroid dienone is 7. The summed E-state index contributed by atoms with van der Waals surface area (Å²) in [6.07, 6.45) is 12.5. The van der Waals surface area contributed by atoms with Gasteiger partial charge in [0.1, 0.15) is 0 Å². The van der Waals surface area contributed by atoms with Crippen molar-refractivity contribution in [2.24, 2.45) is 0 Å². The molecule has 31 heavy (non-hydrogen) atoms. The molecule has 0 saturated carbocycles. The van der Waals surface area contributed by atoms with E-state index in [4.69, 9.17) is 0 Å². The molecule has 2 rings (SSSR count). The second kappa shape index (κ2) is 18.2. The van der Waals surface area contributed by atoms with Gasteiger partial charge < -0.3 is 0 Å². The molecule has 0 aromatic heterocycles. The molecular weight excluding hydrogens is 372 g/mol. The molecule has 0 nitrogen and oxygen atoms in total. The standard InChI is InChI=1S/C27H32.2C2H6/c1-5-11-24(12-6-2)21-25(7-3)27(26-18-15-22(4)16-19-26)20-17-23-13-9-8-10-14-23;2*1-2/h5-6,8-16,18-19H,1,7,17,20-21H2,2-4H3;2*1-2H3/b12-6-,24-11+,27-25-;;. The second-order valence-corrected chi connectivity index (χ2v) is 6.94. The molecule has 0 aliphatic heterocycles. The molecule has 0 heterocycles. The SMILES string of the molecule is C=C/C=C(\C=C/C)C/C(CC)=C(/CCc1ccccc1)c1ccc(C)cc1.CC.CC. The maximum Gasteiger partial charge on any atom is -0.00613 e. The highest BCUT2D eigenvalue weighted by molar-refractivity contribution is 5.70. The molecule has 0 heteroatoms. The number of aryl methyl sites for hydroxylation is 2. The highest BCUT2D eigenvalue weighted by Crippen LogP contribution is 2.30. The van der Waals surface area contributed by atoms with Crippen LogP contribution in [0.1, 0.15) is 77.5 Å². The van der Waals surface area contributed by atoms with Crippen LogP contribution < -0.4 is 0 Å². The van der Waals surface area contributed by atoms with Crippen LogP contribution in [0.25, 0.3) is 5.57 Å². The van der Waals surface area contributed by atoms with Gasteiger partial charge >= 0.3 is 0 Å². The fourth-order valence-electron chi connectivity index (χ4n) is 3.42. The summed E-state index contributed by atoms with van der Waals surface area (Å²) in [5.74, 6) is 0. The van der Waals surface area contributed by atoms with Gasteiger partial charge in [-0.2, -0.15) is 0 Å². The summed E-state index contributed by atoms with van der Waals surface area (Å²) in [6.45, 7) is 18.4. The zero-order valence-corrected chi connectivity index (χ0v) is 21.0. The zero-order valence-electron chi connectivity index (χ0n) is 21.0. The van der Waals surface area contributed by atoms with Gasteiger partial charge in [0.15, 0.2) is 0 Å². The lowest BCUT2D eigenvalue weighted by atomic mass is 9.89. The fraction of sp³-hybridized carbons (Fsp3) is 0.355. The van der Waals surface area contributed by atoms with Crippen molar-refractivity contribution in [3.63, 3.8) is 0 Å². The van der Waals surface area contributed by atoms with Crippen molar-refractivity contribution >= 4 is 5.57 Å². The van der Waals surface area contributed by atoms with Crippen molar-refractivity contribution in [2.75, 3.05) is 0 Å². The maximum atomic E-state index is 3.88. The van der Waals surface area contributed by atoms with Crippen molar-refractivity contribution in [3.8, 4) is 0 Å². The largest absolute Gasteiger partial charge is 0.0991 e. The van der Waals surface area contributed by atoms with E-state index in [0.717, 1.165) is 25.7 Å². The van der Waals surface area contributed by atoms with E-state index in [1.165, 1.54) is 33.4 Å². The summed E-state index contributed by atoms with van der Waals surface area (Å²) in [5, 5.41) is 0. The third kappa shape index (κ3) is 10.8. The van der Waals surface area contributed by atoms with Crippen LogP contribution in [-0.4, -0.2) is 0 Å². The minimum absolute atomic E-state index is 0.977. The zero-order chi connectivity index (χ0) is 23.5. The molecule has 2 aromatic rings. The van der Waals surface area contributed by atoms with E-state index < -0.39 is 0 Å². The second-order valence-electron chi connectivity index (χ2n) is 6.94. The minimum atomic E-state index is 0.977. The highest BCUT2D eigenvalue weighted by atomic mass is 14.2. The molecule has 0 amide bonds. The smallest absolute Gasteiger partial charge is 0.00613 e. The van der Waals surface area contributed by atoms with E-state index in [1.807, 2.05) is 33.8 Å². The molecule has 168 valence electrons. The average Bonchev–Trinajstić information content (AvgIpc) is 2.83. The van der Waals surface area contributed by atoms with Crippen LogP contribution in [0.2, 0.25) is 0 Å². The first kappa shape index (κ1) is 28.4. The van der Waals surface area contributed by atoms with Crippen LogP contribution >= 0.6 is 0 Å². The van der Waals surface area contributed by atoms with Crippen LogP contribution in [0.15, 0.2) is 96.6 Å². The Labute approximate surface area is 193 Å². The molecule has 0 spiro atoms. The van der Waals surface area contributed by atoms with Crippen LogP contribution in [0.5, 0.6) is 0 Å². The molecular formula is C31H44. The van der Waals surface area contributed by atoms with Crippen molar-refractivity contribution < 1.29 is 0 Å². The lowest BCUT2D eigenvalue weighted by Crippen LogP contribution is -1.97. The highest BCUT2D eigenvalue weighted by Gasteiger charge is 2.10. The van der Waals surface area contributed by atoms with Gasteiger partial charge in [0, 0.05) is 0 Å². The van der Waals surface area contributed by atoms with E-state index in [1.54, 1.807) is 0 Å². The molecule has 0 fully saturated rings. The van der Waals surface area contributed by atoms with Crippen molar-refractivity contribution in [2.45, 2.75) is 74.1 Å². The summed E-state index contributed by atoms with van der Waals surface area (Å²) >= 11 is 0. The van der Waals surface area contributed by atoms with Crippen molar-refractivity contribution in [3.05, 3.63) is 113 Å². The molecule has 0 aliphatic rings. The Kier molecular flexibility index (Phi) is 16.7. The predicted octanol–water partition coefficient (Wildman–Crippen LogP) is 9.92. The molecule has 0 bridgehead atoms. The monoisotopic (exact) mass is 416 g/mol. The predicted molar refractivity (Wildman–Crippen MR) is 144 cm³/mol. The van der Waals surface area contributed by atoms with Crippen molar-refractivity contribution in [1.82, 2.24) is 0 Å². The van der Waals surface area contributed by atoms with Crippen LogP contribution in [0, 0.1) is 6.92 Å². The van der Waals surface area contributed by atoms with E-state index >= 15 is 0 Å². The Morgan fingerprint density at radius 3 is 2.03 bits per heavy atom. The van der Waals surface area contributed by atoms with Gasteiger partial charge in [0.05, 0.1) is 0 Å². The molecule has 0 N–H and O–H groups in total. The first-order chi connectivity index (χ1) is 15.2. The lowest BCUT2D eigenvalue weighted by molar-refractivity contribution is 0.953. The molecule has 0 atom stereocenters. The van der Waals surface area contributed by atoms with Gasteiger partial charge in [-0.25, -0.2) is 0 Å². The molecule has 0 aliphatic carbocycles. The van der Waals surface area contributed by atoms with Crippen molar-refractivity contribution in [1.29, 1.82) is 0 Å². The number of hydrogen-bond acceptors (Lipinski definition) is 0. The average molecular weight is 417 g/mol. The van der Waals surface area contributed by atoms with E-state index in [2.05, 4.69) is 100 Å². The van der Waals surface area contributed by atoms with E-state index in [0.29, 0.717) is 0 Å². The first-order valence-electron chi connectivity index (χ1n) is 11.9. The quantitative estimate of drug-likeness (QED) is 0.357. The van der Waals surface area contributed by atoms with E-state index in [9.17, 15) is 0 Å². The van der Waals surface area contributed by atoms with Crippen LogP contribution in [-0.2, 0) is 6.42 Å². The van der Waals surface area contributed by atoms with Gasteiger partial charge in [0.2, 0.25) is 0 Å². The number of benzene rings is 2. The van der Waals surface area contributed by atoms with Gasteiger partial charge in [-0.05, 0) is 61.8 Å². The Bertz CT molecular complexity index is 799. The first-order valence-corrected chi connectivity index (χ1v) is 11.9. The number of rotatable bonds is 9. The fourth-order valence-corrected chi connectivity index (χ4v) is 3.42. The Morgan fingerprint density at radius 1 is 0.903 bits per heavy atom. The maximum absolute atomic E-state index is 3.88. The summed E-state index contributed by atoms with van der Waals surface area (Å²) in [5.41, 5.74) is 8.37.